The number of methoxy groups -OCH3 is 1. The lowest BCUT2D eigenvalue weighted by Gasteiger charge is -2.23. The number of nitrogens with zero attached hydrogens (tertiary/aromatic N) is 2. The number of halogens is 1. The summed E-state index contributed by atoms with van der Waals surface area (Å²) in [5, 5.41) is 11.4. The zero-order valence-corrected chi connectivity index (χ0v) is 19.1. The first-order valence-corrected chi connectivity index (χ1v) is 11.3. The highest BCUT2D eigenvalue weighted by Crippen LogP contribution is 2.44. The number of aliphatic hydroxyl groups excluding tert-OH is 1. The molecule has 1 fully saturated rings. The van der Waals surface area contributed by atoms with Crippen LogP contribution in [0.1, 0.15) is 22.7 Å². The molecule has 0 aliphatic carbocycles. The number of hydrogen-bond acceptors (Lipinski definition) is 6. The molecule has 1 saturated heterocycles. The number of aromatic nitrogens is 1. The van der Waals surface area contributed by atoms with Gasteiger partial charge in [0.2, 0.25) is 0 Å². The number of rotatable bonds is 4. The number of anilines is 1. The molecule has 4 aromatic rings. The highest BCUT2D eigenvalue weighted by Gasteiger charge is 2.48. The number of ketones is 1. The van der Waals surface area contributed by atoms with Crippen LogP contribution in [0.2, 0.25) is 0 Å². The van der Waals surface area contributed by atoms with Crippen LogP contribution in [0.15, 0.2) is 72.3 Å². The molecular formula is C26H19FN2O4S. The van der Waals surface area contributed by atoms with Crippen molar-refractivity contribution in [2.75, 3.05) is 12.0 Å². The minimum atomic E-state index is -0.943. The summed E-state index contributed by atoms with van der Waals surface area (Å²) in [6, 6.07) is 16.8. The van der Waals surface area contributed by atoms with Crippen LogP contribution in [0.5, 0.6) is 5.75 Å². The van der Waals surface area contributed by atoms with Crippen molar-refractivity contribution >= 4 is 44.1 Å². The quantitative estimate of drug-likeness (QED) is 0.244. The lowest BCUT2D eigenvalue weighted by molar-refractivity contribution is -0.132. The third kappa shape index (κ3) is 3.62. The van der Waals surface area contributed by atoms with Crippen molar-refractivity contribution in [3.8, 4) is 5.75 Å². The second-order valence-corrected chi connectivity index (χ2v) is 8.93. The summed E-state index contributed by atoms with van der Waals surface area (Å²) in [5.41, 5.74) is 2.45. The summed E-state index contributed by atoms with van der Waals surface area (Å²) in [4.78, 5) is 32.5. The SMILES string of the molecule is COc1cccc(C2/C(=C(\O)c3ccc(F)cc3)C(=O)C(=O)N2c2nc3ccc(C)cc3s2)c1. The van der Waals surface area contributed by atoms with E-state index in [4.69, 9.17) is 4.74 Å². The first-order valence-electron chi connectivity index (χ1n) is 10.5. The van der Waals surface area contributed by atoms with Crippen LogP contribution in [-0.2, 0) is 9.59 Å². The third-order valence-corrected chi connectivity index (χ3v) is 6.73. The first kappa shape index (κ1) is 21.8. The Morgan fingerprint density at radius 2 is 1.85 bits per heavy atom. The van der Waals surface area contributed by atoms with Crippen LogP contribution in [0, 0.1) is 12.7 Å². The molecule has 6 nitrogen and oxygen atoms in total. The lowest BCUT2D eigenvalue weighted by Crippen LogP contribution is -2.29. The van der Waals surface area contributed by atoms with E-state index >= 15 is 0 Å². The molecule has 2 heterocycles. The van der Waals surface area contributed by atoms with Gasteiger partial charge in [0.15, 0.2) is 5.13 Å². The molecule has 1 aliphatic rings. The number of aliphatic hydroxyl groups is 1. The van der Waals surface area contributed by atoms with Gasteiger partial charge in [-0.15, -0.1) is 0 Å². The average molecular weight is 475 g/mol. The van der Waals surface area contributed by atoms with Crippen LogP contribution in [0.4, 0.5) is 9.52 Å². The second-order valence-electron chi connectivity index (χ2n) is 7.92. The molecule has 1 aliphatic heterocycles. The van der Waals surface area contributed by atoms with E-state index in [2.05, 4.69) is 4.98 Å². The minimum Gasteiger partial charge on any atom is -0.507 e. The van der Waals surface area contributed by atoms with Crippen molar-refractivity contribution in [3.05, 3.63) is 94.8 Å². The Balaban J connectivity index is 1.74. The number of thiazole rings is 1. The number of amides is 1. The van der Waals surface area contributed by atoms with Crippen molar-refractivity contribution in [3.63, 3.8) is 0 Å². The molecule has 0 spiro atoms. The van der Waals surface area contributed by atoms with Gasteiger partial charge >= 0.3 is 5.91 Å². The molecule has 0 saturated carbocycles. The van der Waals surface area contributed by atoms with Gasteiger partial charge in [-0.05, 0) is 66.6 Å². The Hall–Kier alpha value is -4.04. The van der Waals surface area contributed by atoms with E-state index in [1.807, 2.05) is 25.1 Å². The van der Waals surface area contributed by atoms with Gasteiger partial charge in [-0.2, -0.15) is 0 Å². The smallest absolute Gasteiger partial charge is 0.301 e. The number of carbonyl (C=O) groups excluding carboxylic acids is 2. The van der Waals surface area contributed by atoms with E-state index in [0.717, 1.165) is 10.3 Å². The van der Waals surface area contributed by atoms with Crippen molar-refractivity contribution in [2.24, 2.45) is 0 Å². The van der Waals surface area contributed by atoms with Crippen molar-refractivity contribution in [2.45, 2.75) is 13.0 Å². The number of hydrogen-bond donors (Lipinski definition) is 1. The van der Waals surface area contributed by atoms with E-state index < -0.39 is 23.5 Å². The largest absolute Gasteiger partial charge is 0.507 e. The van der Waals surface area contributed by atoms with E-state index in [1.54, 1.807) is 24.3 Å². The van der Waals surface area contributed by atoms with Crippen molar-refractivity contribution in [1.29, 1.82) is 0 Å². The Bertz CT molecular complexity index is 1480. The molecule has 1 N–H and O–H groups in total. The van der Waals surface area contributed by atoms with Gasteiger partial charge in [-0.3, -0.25) is 14.5 Å². The number of Topliss-reactive ketones (excluding diaryl/α,β-unsaturated/α-hetero) is 1. The Morgan fingerprint density at radius 1 is 1.09 bits per heavy atom. The van der Waals surface area contributed by atoms with Crippen LogP contribution in [0.3, 0.4) is 0 Å². The van der Waals surface area contributed by atoms with Gasteiger partial charge < -0.3 is 9.84 Å². The highest BCUT2D eigenvalue weighted by molar-refractivity contribution is 7.22. The first-order chi connectivity index (χ1) is 16.4. The second kappa shape index (κ2) is 8.39. The van der Waals surface area contributed by atoms with Crippen LogP contribution < -0.4 is 9.64 Å². The Labute approximate surface area is 198 Å². The number of carbonyl (C=O) groups is 2. The fraction of sp³-hybridized carbons (Fsp3) is 0.115. The van der Waals surface area contributed by atoms with Crippen LogP contribution in [0.25, 0.3) is 16.0 Å². The van der Waals surface area contributed by atoms with Crippen LogP contribution >= 0.6 is 11.3 Å². The molecule has 5 rings (SSSR count). The molecule has 0 radical (unpaired) electrons. The molecule has 3 aromatic carbocycles. The number of benzene rings is 3. The van der Waals surface area contributed by atoms with E-state index in [9.17, 15) is 19.1 Å². The summed E-state index contributed by atoms with van der Waals surface area (Å²) in [6.45, 7) is 1.96. The van der Waals surface area contributed by atoms with Crippen molar-refractivity contribution < 1.29 is 23.8 Å². The molecule has 0 bridgehead atoms. The fourth-order valence-corrected chi connectivity index (χ4v) is 5.13. The molecule has 1 aromatic heterocycles. The van der Waals surface area contributed by atoms with Crippen molar-refractivity contribution in [1.82, 2.24) is 4.98 Å². The standard InChI is InChI=1S/C26H19FN2O4S/c1-14-6-11-19-20(12-14)34-26(28-19)29-22(16-4-3-5-18(13-16)33-2)21(24(31)25(29)32)23(30)15-7-9-17(27)10-8-15/h3-13,22,30H,1-2H3/b23-21+. The molecule has 170 valence electrons. The predicted molar refractivity (Wildman–Crippen MR) is 129 cm³/mol. The maximum atomic E-state index is 13.5. The van der Waals surface area contributed by atoms with E-state index in [0.29, 0.717) is 22.0 Å². The maximum Gasteiger partial charge on any atom is 0.301 e. The Kier molecular flexibility index (Phi) is 5.37. The summed E-state index contributed by atoms with van der Waals surface area (Å²) in [6.07, 6.45) is 0. The molecule has 1 amide bonds. The lowest BCUT2D eigenvalue weighted by atomic mass is 9.95. The molecule has 1 unspecified atom stereocenters. The number of aryl methyl sites for hydroxylation is 1. The van der Waals surface area contributed by atoms with Gasteiger partial charge in [0.05, 0.1) is 28.9 Å². The van der Waals surface area contributed by atoms with Gasteiger partial charge in [-0.25, -0.2) is 9.37 Å². The zero-order valence-electron chi connectivity index (χ0n) is 18.3. The normalized spacial score (nSPS) is 17.5. The summed E-state index contributed by atoms with van der Waals surface area (Å²) >= 11 is 1.29. The number of fused-ring (bicyclic) bond motifs is 1. The van der Waals surface area contributed by atoms with Gasteiger partial charge in [0, 0.05) is 5.56 Å². The average Bonchev–Trinajstić information content (AvgIpc) is 3.37. The topological polar surface area (TPSA) is 79.7 Å². The number of ether oxygens (including phenoxy) is 1. The maximum absolute atomic E-state index is 13.5. The van der Waals surface area contributed by atoms with Crippen LogP contribution in [-0.4, -0.2) is 28.9 Å². The van der Waals surface area contributed by atoms with Gasteiger partial charge in [0.1, 0.15) is 17.3 Å². The third-order valence-electron chi connectivity index (χ3n) is 5.71. The molecule has 8 heteroatoms. The van der Waals surface area contributed by atoms with E-state index in [1.165, 1.54) is 47.6 Å². The van der Waals surface area contributed by atoms with Gasteiger partial charge in [0.25, 0.3) is 5.78 Å². The monoisotopic (exact) mass is 474 g/mol. The summed E-state index contributed by atoms with van der Waals surface area (Å²) in [7, 11) is 1.52. The summed E-state index contributed by atoms with van der Waals surface area (Å²) in [5.74, 6) is -1.97. The fourth-order valence-electron chi connectivity index (χ4n) is 4.04. The summed E-state index contributed by atoms with van der Waals surface area (Å²) < 4.78 is 19.7. The predicted octanol–water partition coefficient (Wildman–Crippen LogP) is 5.38. The Morgan fingerprint density at radius 3 is 2.59 bits per heavy atom. The molecule has 1 atom stereocenters. The van der Waals surface area contributed by atoms with E-state index in [-0.39, 0.29) is 16.9 Å². The highest BCUT2D eigenvalue weighted by atomic mass is 32.1. The zero-order chi connectivity index (χ0) is 24.0. The molecule has 34 heavy (non-hydrogen) atoms. The van der Waals surface area contributed by atoms with Gasteiger partial charge in [-0.1, -0.05) is 29.5 Å². The minimum absolute atomic E-state index is 0.0969. The molecular weight excluding hydrogens is 455 g/mol.